The van der Waals surface area contributed by atoms with Crippen LogP contribution in [0.2, 0.25) is 0 Å². The Hall–Kier alpha value is -2.41. The lowest BCUT2D eigenvalue weighted by molar-refractivity contribution is -0.115. The molecule has 1 aliphatic heterocycles. The van der Waals surface area contributed by atoms with Gasteiger partial charge in [-0.2, -0.15) is 8.42 Å². The van der Waals surface area contributed by atoms with Crippen LogP contribution in [0.25, 0.3) is 6.08 Å². The average Bonchev–Trinajstić information content (AvgIpc) is 3.00. The van der Waals surface area contributed by atoms with Crippen LogP contribution in [-0.2, 0) is 19.7 Å². The minimum Gasteiger partial charge on any atom is -0.493 e. The number of nitrogens with one attached hydrogen (secondary N) is 2. The minimum atomic E-state index is -4.19. The first-order valence-electron chi connectivity index (χ1n) is 8.53. The third-order valence-corrected chi connectivity index (χ3v) is 6.84. The second kappa shape index (κ2) is 9.39. The number of thiocarbonyl (C=S) groups is 1. The van der Waals surface area contributed by atoms with Crippen molar-refractivity contribution < 1.29 is 26.9 Å². The van der Waals surface area contributed by atoms with Crippen LogP contribution in [0.15, 0.2) is 50.7 Å². The maximum Gasteiger partial charge on any atom is 0.339 e. The van der Waals surface area contributed by atoms with E-state index in [-0.39, 0.29) is 28.2 Å². The van der Waals surface area contributed by atoms with E-state index >= 15 is 0 Å². The quantitative estimate of drug-likeness (QED) is 0.323. The van der Waals surface area contributed by atoms with Crippen LogP contribution < -0.4 is 19.6 Å². The molecule has 2 N–H and O–H groups in total. The number of methoxy groups -OCH3 is 1. The largest absolute Gasteiger partial charge is 0.493 e. The topological polar surface area (TPSA) is 111 Å². The predicted octanol–water partition coefficient (Wildman–Crippen LogP) is 3.67. The molecule has 1 aliphatic rings. The van der Waals surface area contributed by atoms with E-state index in [1.807, 2.05) is 0 Å². The van der Waals surface area contributed by atoms with E-state index in [2.05, 4.69) is 26.6 Å². The average molecular weight is 543 g/mol. The zero-order chi connectivity index (χ0) is 22.8. The maximum atomic E-state index is 12.7. The summed E-state index contributed by atoms with van der Waals surface area (Å²) in [6.07, 6.45) is 1.60. The molecule has 1 fully saturated rings. The molecule has 2 aromatic rings. The van der Waals surface area contributed by atoms with Crippen molar-refractivity contribution in [1.29, 1.82) is 0 Å². The van der Waals surface area contributed by atoms with Gasteiger partial charge in [0, 0.05) is 12.6 Å². The molecule has 0 bridgehead atoms. The van der Waals surface area contributed by atoms with Gasteiger partial charge in [-0.15, -0.1) is 0 Å². The number of thioether (sulfide) groups is 1. The molecule has 1 saturated heterocycles. The lowest BCUT2D eigenvalue weighted by Crippen LogP contribution is -2.17. The van der Waals surface area contributed by atoms with Crippen LogP contribution in [0.4, 0.5) is 5.69 Å². The summed E-state index contributed by atoms with van der Waals surface area (Å²) in [5.74, 6) is -0.484. The number of anilines is 1. The minimum absolute atomic E-state index is 0.0466. The van der Waals surface area contributed by atoms with Crippen LogP contribution in [0, 0.1) is 0 Å². The van der Waals surface area contributed by atoms with Gasteiger partial charge >= 0.3 is 10.1 Å². The van der Waals surface area contributed by atoms with Gasteiger partial charge in [-0.3, -0.25) is 9.59 Å². The van der Waals surface area contributed by atoms with E-state index in [0.717, 1.165) is 11.8 Å². The van der Waals surface area contributed by atoms with Crippen molar-refractivity contribution in [2.24, 2.45) is 0 Å². The highest BCUT2D eigenvalue weighted by Crippen LogP contribution is 2.39. The number of carbonyl (C=O) groups is 2. The summed E-state index contributed by atoms with van der Waals surface area (Å²) in [5.41, 5.74) is 1.03. The standard InChI is InChI=1S/C19H15BrN2O6S3/c1-10(23)21-12-3-5-13(6-4-12)31(25,26)28-17-14(20)7-11(8-15(17)27-2)9-16-18(24)22-19(29)30-16/h3-9H,1-2H3,(H,21,23)(H,22,24,29)/b16-9-. The Morgan fingerprint density at radius 2 is 1.94 bits per heavy atom. The van der Waals surface area contributed by atoms with Crippen LogP contribution in [0.5, 0.6) is 11.5 Å². The molecule has 0 saturated carbocycles. The fraction of sp³-hybridized carbons (Fsp3) is 0.105. The third-order valence-electron chi connectivity index (χ3n) is 3.85. The SMILES string of the molecule is COc1cc(/C=C2\SC(=S)NC2=O)cc(Br)c1OS(=O)(=O)c1ccc(NC(C)=O)cc1. The van der Waals surface area contributed by atoms with E-state index in [9.17, 15) is 18.0 Å². The first kappa shape index (κ1) is 23.3. The molecule has 1 heterocycles. The van der Waals surface area contributed by atoms with Gasteiger partial charge in [-0.1, -0.05) is 24.0 Å². The summed E-state index contributed by atoms with van der Waals surface area (Å²) in [7, 11) is -2.82. The summed E-state index contributed by atoms with van der Waals surface area (Å²) in [6.45, 7) is 1.35. The highest BCUT2D eigenvalue weighted by atomic mass is 79.9. The summed E-state index contributed by atoms with van der Waals surface area (Å²) in [6, 6.07) is 8.67. The summed E-state index contributed by atoms with van der Waals surface area (Å²) >= 11 is 9.39. The number of hydrogen-bond acceptors (Lipinski definition) is 8. The number of hydrogen-bond donors (Lipinski definition) is 2. The monoisotopic (exact) mass is 542 g/mol. The van der Waals surface area contributed by atoms with Gasteiger partial charge < -0.3 is 19.6 Å². The Labute approximate surface area is 196 Å². The summed E-state index contributed by atoms with van der Waals surface area (Å²) < 4.78 is 36.7. The highest BCUT2D eigenvalue weighted by molar-refractivity contribution is 9.10. The lowest BCUT2D eigenvalue weighted by Gasteiger charge is -2.14. The van der Waals surface area contributed by atoms with Gasteiger partial charge in [0.2, 0.25) is 5.91 Å². The van der Waals surface area contributed by atoms with E-state index in [4.69, 9.17) is 21.1 Å². The maximum absolute atomic E-state index is 12.7. The molecule has 3 rings (SSSR count). The normalized spacial score (nSPS) is 15.0. The van der Waals surface area contributed by atoms with Crippen molar-refractivity contribution in [1.82, 2.24) is 5.32 Å². The van der Waals surface area contributed by atoms with Crippen molar-refractivity contribution in [3.8, 4) is 11.5 Å². The Bertz CT molecular complexity index is 1210. The molecule has 0 radical (unpaired) electrons. The van der Waals surface area contributed by atoms with Crippen LogP contribution in [-0.4, -0.2) is 31.7 Å². The molecule has 2 amide bonds. The highest BCUT2D eigenvalue weighted by Gasteiger charge is 2.24. The molecular weight excluding hydrogens is 528 g/mol. The predicted molar refractivity (Wildman–Crippen MR) is 126 cm³/mol. The number of halogens is 1. The summed E-state index contributed by atoms with van der Waals surface area (Å²) in [4.78, 5) is 23.3. The first-order chi connectivity index (χ1) is 14.6. The van der Waals surface area contributed by atoms with Crippen molar-refractivity contribution in [3.63, 3.8) is 0 Å². The first-order valence-corrected chi connectivity index (χ1v) is 12.0. The van der Waals surface area contributed by atoms with E-state index < -0.39 is 10.1 Å². The van der Waals surface area contributed by atoms with Crippen LogP contribution in [0.3, 0.4) is 0 Å². The van der Waals surface area contributed by atoms with Crippen molar-refractivity contribution in [3.05, 3.63) is 51.3 Å². The molecule has 0 atom stereocenters. The van der Waals surface area contributed by atoms with Crippen LogP contribution >= 0.6 is 39.9 Å². The zero-order valence-corrected chi connectivity index (χ0v) is 20.1. The third kappa shape index (κ3) is 5.64. The van der Waals surface area contributed by atoms with Gasteiger partial charge in [0.15, 0.2) is 11.5 Å². The van der Waals surface area contributed by atoms with Crippen molar-refractivity contribution in [2.45, 2.75) is 11.8 Å². The number of rotatable bonds is 6. The van der Waals surface area contributed by atoms with E-state index in [0.29, 0.717) is 24.9 Å². The molecule has 162 valence electrons. The number of ether oxygens (including phenoxy) is 1. The Kier molecular flexibility index (Phi) is 7.04. The molecule has 0 aromatic heterocycles. The number of benzene rings is 2. The lowest BCUT2D eigenvalue weighted by atomic mass is 10.2. The zero-order valence-electron chi connectivity index (χ0n) is 16.1. The molecular formula is C19H15BrN2O6S3. The smallest absolute Gasteiger partial charge is 0.339 e. The molecule has 0 unspecified atom stereocenters. The molecule has 0 aliphatic carbocycles. The Morgan fingerprint density at radius 1 is 1.26 bits per heavy atom. The van der Waals surface area contributed by atoms with E-state index in [1.54, 1.807) is 12.1 Å². The molecule has 31 heavy (non-hydrogen) atoms. The van der Waals surface area contributed by atoms with Crippen molar-refractivity contribution in [2.75, 3.05) is 12.4 Å². The molecule has 2 aromatic carbocycles. The van der Waals surface area contributed by atoms with Crippen molar-refractivity contribution >= 4 is 77.9 Å². The molecule has 0 spiro atoms. The van der Waals surface area contributed by atoms with Gasteiger partial charge in [-0.05, 0) is 64.0 Å². The van der Waals surface area contributed by atoms with E-state index in [1.165, 1.54) is 44.4 Å². The van der Waals surface area contributed by atoms with Gasteiger partial charge in [0.1, 0.15) is 9.22 Å². The van der Waals surface area contributed by atoms with Gasteiger partial charge in [0.05, 0.1) is 16.5 Å². The summed E-state index contributed by atoms with van der Waals surface area (Å²) in [5, 5.41) is 5.08. The molecule has 12 heteroatoms. The number of amides is 2. The number of carbonyl (C=O) groups excluding carboxylic acids is 2. The second-order valence-electron chi connectivity index (χ2n) is 6.13. The van der Waals surface area contributed by atoms with Gasteiger partial charge in [-0.25, -0.2) is 0 Å². The fourth-order valence-electron chi connectivity index (χ4n) is 2.54. The fourth-order valence-corrected chi connectivity index (χ4v) is 5.19. The second-order valence-corrected chi connectivity index (χ2v) is 10.2. The molecule has 8 nitrogen and oxygen atoms in total. The van der Waals surface area contributed by atoms with Gasteiger partial charge in [0.25, 0.3) is 5.91 Å². The Morgan fingerprint density at radius 3 is 2.48 bits per heavy atom. The Balaban J connectivity index is 1.90. The van der Waals surface area contributed by atoms with Crippen LogP contribution in [0.1, 0.15) is 12.5 Å².